The molecule has 17 heavy (non-hydrogen) atoms. The van der Waals surface area contributed by atoms with Crippen LogP contribution < -0.4 is 5.73 Å². The van der Waals surface area contributed by atoms with Crippen LogP contribution in [0.4, 0.5) is 0 Å². The van der Waals surface area contributed by atoms with Gasteiger partial charge in [0.1, 0.15) is 5.82 Å². The number of nitrogens with zero attached hydrogens (tertiary/aromatic N) is 3. The molecule has 0 aromatic carbocycles. The highest BCUT2D eigenvalue weighted by Gasteiger charge is 2.20. The Balaban J connectivity index is 2.60. The maximum atomic E-state index is 6.24. The van der Waals surface area contributed by atoms with E-state index in [0.29, 0.717) is 6.04 Å². The van der Waals surface area contributed by atoms with Crippen molar-refractivity contribution in [3.05, 3.63) is 18.2 Å². The Kier molecular flexibility index (Phi) is 5.65. The minimum absolute atomic E-state index is 0.260. The predicted molar refractivity (Wildman–Crippen MR) is 71.6 cm³/mol. The summed E-state index contributed by atoms with van der Waals surface area (Å²) in [6.45, 7) is 5.25. The minimum Gasteiger partial charge on any atom is -0.337 e. The third kappa shape index (κ3) is 3.82. The van der Waals surface area contributed by atoms with Crippen LogP contribution in [0.3, 0.4) is 0 Å². The van der Waals surface area contributed by atoms with Crippen molar-refractivity contribution in [3.8, 4) is 0 Å². The van der Waals surface area contributed by atoms with Crippen LogP contribution in [0, 0.1) is 0 Å². The standard InChI is InChI=1S/C13H26N4/c1-5-7-11(14)12(6-2)17(4)10-13-15-8-9-16(13)3/h8-9,11-12H,5-7,10,14H2,1-4H3. The van der Waals surface area contributed by atoms with E-state index in [-0.39, 0.29) is 6.04 Å². The first kappa shape index (κ1) is 14.2. The zero-order chi connectivity index (χ0) is 12.8. The molecule has 2 N–H and O–H groups in total. The van der Waals surface area contributed by atoms with Crippen LogP contribution in [0.2, 0.25) is 0 Å². The first-order chi connectivity index (χ1) is 8.10. The molecule has 0 saturated heterocycles. The van der Waals surface area contributed by atoms with E-state index in [1.165, 1.54) is 0 Å². The van der Waals surface area contributed by atoms with Crippen LogP contribution in [0.15, 0.2) is 12.4 Å². The van der Waals surface area contributed by atoms with Crippen molar-refractivity contribution in [1.29, 1.82) is 0 Å². The lowest BCUT2D eigenvalue weighted by Crippen LogP contribution is -2.45. The summed E-state index contributed by atoms with van der Waals surface area (Å²) in [5.74, 6) is 1.09. The number of rotatable bonds is 7. The van der Waals surface area contributed by atoms with Gasteiger partial charge in [-0.2, -0.15) is 0 Å². The van der Waals surface area contributed by atoms with Crippen LogP contribution in [-0.4, -0.2) is 33.6 Å². The fraction of sp³-hybridized carbons (Fsp3) is 0.769. The molecule has 1 rings (SSSR count). The zero-order valence-corrected chi connectivity index (χ0v) is 11.6. The molecule has 4 heteroatoms. The lowest BCUT2D eigenvalue weighted by Gasteiger charge is -2.31. The highest BCUT2D eigenvalue weighted by atomic mass is 15.2. The van der Waals surface area contributed by atoms with Crippen LogP contribution in [0.5, 0.6) is 0 Å². The van der Waals surface area contributed by atoms with Gasteiger partial charge in [0.05, 0.1) is 6.54 Å². The molecule has 0 saturated carbocycles. The van der Waals surface area contributed by atoms with Crippen molar-refractivity contribution in [2.75, 3.05) is 7.05 Å². The summed E-state index contributed by atoms with van der Waals surface area (Å²) < 4.78 is 2.06. The van der Waals surface area contributed by atoms with Crippen molar-refractivity contribution >= 4 is 0 Å². The van der Waals surface area contributed by atoms with Gasteiger partial charge >= 0.3 is 0 Å². The molecule has 1 aromatic rings. The molecule has 0 radical (unpaired) electrons. The number of aryl methyl sites for hydroxylation is 1. The topological polar surface area (TPSA) is 47.1 Å². The smallest absolute Gasteiger partial charge is 0.122 e. The van der Waals surface area contributed by atoms with Gasteiger partial charge < -0.3 is 10.3 Å². The first-order valence-electron chi connectivity index (χ1n) is 6.52. The average Bonchev–Trinajstić information content (AvgIpc) is 2.66. The van der Waals surface area contributed by atoms with E-state index < -0.39 is 0 Å². The monoisotopic (exact) mass is 238 g/mol. The number of nitrogens with two attached hydrogens (primary N) is 1. The largest absolute Gasteiger partial charge is 0.337 e. The molecular weight excluding hydrogens is 212 g/mol. The van der Waals surface area contributed by atoms with E-state index in [4.69, 9.17) is 5.73 Å². The summed E-state index contributed by atoms with van der Waals surface area (Å²) in [6.07, 6.45) is 7.14. The van der Waals surface area contributed by atoms with Crippen molar-refractivity contribution in [3.63, 3.8) is 0 Å². The first-order valence-corrected chi connectivity index (χ1v) is 6.52. The molecule has 0 aliphatic rings. The zero-order valence-electron chi connectivity index (χ0n) is 11.6. The van der Waals surface area contributed by atoms with Crippen molar-refractivity contribution in [1.82, 2.24) is 14.5 Å². The van der Waals surface area contributed by atoms with E-state index in [9.17, 15) is 0 Å². The van der Waals surface area contributed by atoms with Gasteiger partial charge in [0.15, 0.2) is 0 Å². The Morgan fingerprint density at radius 2 is 2.18 bits per heavy atom. The van der Waals surface area contributed by atoms with Gasteiger partial charge in [-0.15, -0.1) is 0 Å². The van der Waals surface area contributed by atoms with E-state index in [1.54, 1.807) is 0 Å². The maximum absolute atomic E-state index is 6.24. The van der Waals surface area contributed by atoms with Crippen LogP contribution in [-0.2, 0) is 13.6 Å². The summed E-state index contributed by atoms with van der Waals surface area (Å²) in [5, 5.41) is 0. The Labute approximate surface area is 105 Å². The highest BCUT2D eigenvalue weighted by molar-refractivity contribution is 4.92. The Bertz CT molecular complexity index is 321. The van der Waals surface area contributed by atoms with Gasteiger partial charge in [-0.05, 0) is 19.9 Å². The molecule has 4 nitrogen and oxygen atoms in total. The normalized spacial score (nSPS) is 15.2. The summed E-state index contributed by atoms with van der Waals surface area (Å²) in [6, 6.07) is 0.696. The lowest BCUT2D eigenvalue weighted by atomic mass is 10.0. The summed E-state index contributed by atoms with van der Waals surface area (Å²) in [7, 11) is 4.17. The molecule has 2 atom stereocenters. The molecule has 2 unspecified atom stereocenters. The molecule has 1 heterocycles. The third-order valence-electron chi connectivity index (χ3n) is 3.41. The number of hydrogen-bond donors (Lipinski definition) is 1. The number of aromatic nitrogens is 2. The Morgan fingerprint density at radius 1 is 1.47 bits per heavy atom. The van der Waals surface area contributed by atoms with Crippen LogP contribution in [0.25, 0.3) is 0 Å². The number of likely N-dealkylation sites (N-methyl/N-ethyl adjacent to an activating group) is 1. The molecule has 0 fully saturated rings. The van der Waals surface area contributed by atoms with Crippen LogP contribution >= 0.6 is 0 Å². The van der Waals surface area contributed by atoms with Gasteiger partial charge in [0, 0.05) is 31.5 Å². The molecule has 98 valence electrons. The molecular formula is C13H26N4. The van der Waals surface area contributed by atoms with Gasteiger partial charge in [0.2, 0.25) is 0 Å². The van der Waals surface area contributed by atoms with Gasteiger partial charge in [-0.3, -0.25) is 4.90 Å². The van der Waals surface area contributed by atoms with E-state index in [1.807, 2.05) is 19.4 Å². The molecule has 1 aromatic heterocycles. The summed E-state index contributed by atoms with van der Waals surface area (Å²) in [4.78, 5) is 6.68. The Morgan fingerprint density at radius 3 is 2.65 bits per heavy atom. The molecule has 0 amide bonds. The SMILES string of the molecule is CCCC(N)C(CC)N(C)Cc1nccn1C. The third-order valence-corrected chi connectivity index (χ3v) is 3.41. The average molecular weight is 238 g/mol. The summed E-state index contributed by atoms with van der Waals surface area (Å²) in [5.41, 5.74) is 6.24. The lowest BCUT2D eigenvalue weighted by molar-refractivity contribution is 0.186. The van der Waals surface area contributed by atoms with E-state index >= 15 is 0 Å². The summed E-state index contributed by atoms with van der Waals surface area (Å²) >= 11 is 0. The number of hydrogen-bond acceptors (Lipinski definition) is 3. The minimum atomic E-state index is 0.260. The number of imidazole rings is 1. The second kappa shape index (κ2) is 6.77. The maximum Gasteiger partial charge on any atom is 0.122 e. The molecule has 0 aliphatic carbocycles. The fourth-order valence-corrected chi connectivity index (χ4v) is 2.36. The van der Waals surface area contributed by atoms with Gasteiger partial charge in [-0.25, -0.2) is 4.98 Å². The quantitative estimate of drug-likeness (QED) is 0.787. The molecule has 0 spiro atoms. The molecule has 0 bridgehead atoms. The van der Waals surface area contributed by atoms with Gasteiger partial charge in [0.25, 0.3) is 0 Å². The van der Waals surface area contributed by atoms with Crippen molar-refractivity contribution in [2.24, 2.45) is 12.8 Å². The Hall–Kier alpha value is -0.870. The van der Waals surface area contributed by atoms with Gasteiger partial charge in [-0.1, -0.05) is 20.3 Å². The second-order valence-electron chi connectivity index (χ2n) is 4.80. The van der Waals surface area contributed by atoms with E-state index in [2.05, 4.69) is 35.3 Å². The van der Waals surface area contributed by atoms with Crippen molar-refractivity contribution in [2.45, 2.75) is 51.7 Å². The second-order valence-corrected chi connectivity index (χ2v) is 4.80. The van der Waals surface area contributed by atoms with Crippen LogP contribution in [0.1, 0.15) is 38.9 Å². The highest BCUT2D eigenvalue weighted by Crippen LogP contribution is 2.12. The van der Waals surface area contributed by atoms with E-state index in [0.717, 1.165) is 31.6 Å². The fourth-order valence-electron chi connectivity index (χ4n) is 2.36. The van der Waals surface area contributed by atoms with Crippen molar-refractivity contribution < 1.29 is 0 Å². The molecule has 0 aliphatic heterocycles. The predicted octanol–water partition coefficient (Wildman–Crippen LogP) is 1.76.